The highest BCUT2D eigenvalue weighted by molar-refractivity contribution is 5.84. The number of carbonyl (C=O) groups excluding carboxylic acids is 1. The molecule has 2 heterocycles. The highest BCUT2D eigenvalue weighted by atomic mass is 16.1. The SMILES string of the molecule is NC(=O)C1C2CCCN21. The highest BCUT2D eigenvalue weighted by Gasteiger charge is 2.53. The van der Waals surface area contributed by atoms with Crippen LogP contribution in [0.1, 0.15) is 12.8 Å². The van der Waals surface area contributed by atoms with E-state index < -0.39 is 0 Å². The van der Waals surface area contributed by atoms with Gasteiger partial charge in [-0.15, -0.1) is 0 Å². The van der Waals surface area contributed by atoms with Crippen molar-refractivity contribution in [1.29, 1.82) is 0 Å². The average molecular weight is 126 g/mol. The molecule has 3 unspecified atom stereocenters. The first kappa shape index (κ1) is 5.23. The number of carbonyl (C=O) groups is 1. The van der Waals surface area contributed by atoms with Crippen molar-refractivity contribution in [2.45, 2.75) is 24.9 Å². The minimum Gasteiger partial charge on any atom is -0.368 e. The van der Waals surface area contributed by atoms with Gasteiger partial charge in [-0.3, -0.25) is 9.69 Å². The molecule has 2 N–H and O–H groups in total. The van der Waals surface area contributed by atoms with E-state index in [1.807, 2.05) is 0 Å². The lowest BCUT2D eigenvalue weighted by Gasteiger charge is -1.94. The van der Waals surface area contributed by atoms with Crippen LogP contribution in [0.5, 0.6) is 0 Å². The summed E-state index contributed by atoms with van der Waals surface area (Å²) in [6.45, 7) is 1.08. The monoisotopic (exact) mass is 126 g/mol. The van der Waals surface area contributed by atoms with Crippen molar-refractivity contribution < 1.29 is 4.79 Å². The van der Waals surface area contributed by atoms with Crippen LogP contribution in [-0.2, 0) is 4.79 Å². The Kier molecular flexibility index (Phi) is 0.858. The van der Waals surface area contributed by atoms with Gasteiger partial charge in [-0.1, -0.05) is 0 Å². The number of hydrogen-bond donors (Lipinski definition) is 1. The van der Waals surface area contributed by atoms with Gasteiger partial charge >= 0.3 is 0 Å². The number of amides is 1. The minimum atomic E-state index is -0.139. The van der Waals surface area contributed by atoms with Gasteiger partial charge < -0.3 is 5.73 Å². The topological polar surface area (TPSA) is 46.1 Å². The predicted octanol–water partition coefficient (Wildman–Crippen LogP) is -0.682. The van der Waals surface area contributed by atoms with E-state index in [4.69, 9.17) is 5.73 Å². The summed E-state index contributed by atoms with van der Waals surface area (Å²) < 4.78 is 0. The van der Waals surface area contributed by atoms with Crippen molar-refractivity contribution >= 4 is 5.91 Å². The second-order valence-electron chi connectivity index (χ2n) is 2.79. The number of hydrogen-bond acceptors (Lipinski definition) is 2. The molecular formula is C6H10N2O. The molecule has 3 heteroatoms. The summed E-state index contributed by atoms with van der Waals surface area (Å²) >= 11 is 0. The maximum Gasteiger partial charge on any atom is 0.236 e. The van der Waals surface area contributed by atoms with Crippen LogP contribution in [0.25, 0.3) is 0 Å². The Morgan fingerprint density at radius 2 is 2.44 bits per heavy atom. The molecule has 0 saturated carbocycles. The van der Waals surface area contributed by atoms with Gasteiger partial charge in [0.25, 0.3) is 0 Å². The summed E-state index contributed by atoms with van der Waals surface area (Å²) in [4.78, 5) is 12.7. The van der Waals surface area contributed by atoms with Crippen molar-refractivity contribution in [1.82, 2.24) is 4.90 Å². The third kappa shape index (κ3) is 0.580. The largest absolute Gasteiger partial charge is 0.368 e. The second kappa shape index (κ2) is 1.48. The van der Waals surface area contributed by atoms with Crippen molar-refractivity contribution in [2.75, 3.05) is 6.54 Å². The molecule has 1 amide bonds. The van der Waals surface area contributed by atoms with Crippen LogP contribution in [0, 0.1) is 0 Å². The van der Waals surface area contributed by atoms with Gasteiger partial charge in [0, 0.05) is 6.04 Å². The fourth-order valence-electron chi connectivity index (χ4n) is 1.80. The zero-order chi connectivity index (χ0) is 6.43. The molecule has 3 atom stereocenters. The molecule has 0 spiro atoms. The second-order valence-corrected chi connectivity index (χ2v) is 2.79. The van der Waals surface area contributed by atoms with Gasteiger partial charge in [0.1, 0.15) is 6.04 Å². The van der Waals surface area contributed by atoms with Crippen LogP contribution in [0.2, 0.25) is 0 Å². The van der Waals surface area contributed by atoms with Crippen LogP contribution >= 0.6 is 0 Å². The first-order valence-corrected chi connectivity index (χ1v) is 3.36. The van der Waals surface area contributed by atoms with Crippen molar-refractivity contribution in [2.24, 2.45) is 5.73 Å². The number of rotatable bonds is 1. The van der Waals surface area contributed by atoms with Crippen molar-refractivity contribution in [3.8, 4) is 0 Å². The molecule has 2 saturated heterocycles. The standard InChI is InChI=1S/C6H10N2O/c7-6(9)5-4-2-1-3-8(4)5/h4-5H,1-3H2,(H2,7,9). The fraction of sp³-hybridized carbons (Fsp3) is 0.833. The molecule has 0 aromatic rings. The summed E-state index contributed by atoms with van der Waals surface area (Å²) in [5.74, 6) is -0.139. The van der Waals surface area contributed by atoms with Gasteiger partial charge in [-0.2, -0.15) is 0 Å². The van der Waals surface area contributed by atoms with E-state index >= 15 is 0 Å². The van der Waals surface area contributed by atoms with Crippen LogP contribution in [0.4, 0.5) is 0 Å². The van der Waals surface area contributed by atoms with Crippen LogP contribution in [0.15, 0.2) is 0 Å². The van der Waals surface area contributed by atoms with Crippen molar-refractivity contribution in [3.05, 3.63) is 0 Å². The molecular weight excluding hydrogens is 116 g/mol. The van der Waals surface area contributed by atoms with E-state index in [0.29, 0.717) is 6.04 Å². The van der Waals surface area contributed by atoms with Crippen molar-refractivity contribution in [3.63, 3.8) is 0 Å². The summed E-state index contributed by atoms with van der Waals surface area (Å²) in [5, 5.41) is 0. The third-order valence-corrected chi connectivity index (χ3v) is 2.27. The van der Waals surface area contributed by atoms with E-state index in [1.54, 1.807) is 0 Å². The summed E-state index contributed by atoms with van der Waals surface area (Å²) in [6, 6.07) is 0.640. The van der Waals surface area contributed by atoms with E-state index in [0.717, 1.165) is 6.54 Å². The Morgan fingerprint density at radius 1 is 1.67 bits per heavy atom. The van der Waals surface area contributed by atoms with Gasteiger partial charge in [0.2, 0.25) is 5.91 Å². The molecule has 0 aromatic heterocycles. The molecule has 0 aliphatic carbocycles. The van der Waals surface area contributed by atoms with Crippen LogP contribution in [0.3, 0.4) is 0 Å². The lowest BCUT2D eigenvalue weighted by molar-refractivity contribution is -0.118. The maximum absolute atomic E-state index is 10.6. The summed E-state index contributed by atoms with van der Waals surface area (Å²) in [7, 11) is 0. The van der Waals surface area contributed by atoms with Gasteiger partial charge in [0.15, 0.2) is 0 Å². The highest BCUT2D eigenvalue weighted by Crippen LogP contribution is 2.37. The predicted molar refractivity (Wildman–Crippen MR) is 32.7 cm³/mol. The number of primary amides is 1. The number of piperidine rings is 1. The first-order chi connectivity index (χ1) is 4.30. The number of nitrogens with two attached hydrogens (primary N) is 1. The normalized spacial score (nSPS) is 46.4. The Morgan fingerprint density at radius 3 is 2.78 bits per heavy atom. The minimum absolute atomic E-state index is 0.110. The molecule has 9 heavy (non-hydrogen) atoms. The Hall–Kier alpha value is -0.570. The molecule has 2 rings (SSSR count). The van der Waals surface area contributed by atoms with Gasteiger partial charge in [0.05, 0.1) is 0 Å². The average Bonchev–Trinajstić information content (AvgIpc) is 2.30. The lowest BCUT2D eigenvalue weighted by atomic mass is 10.2. The molecule has 50 valence electrons. The van der Waals surface area contributed by atoms with Gasteiger partial charge in [-0.25, -0.2) is 0 Å². The molecule has 0 bridgehead atoms. The zero-order valence-corrected chi connectivity index (χ0v) is 5.21. The molecule has 2 fully saturated rings. The molecule has 0 radical (unpaired) electrons. The van der Waals surface area contributed by atoms with Crippen LogP contribution < -0.4 is 5.73 Å². The Labute approximate surface area is 53.8 Å². The Balaban J connectivity index is 2.02. The third-order valence-electron chi connectivity index (χ3n) is 2.27. The quantitative estimate of drug-likeness (QED) is 0.473. The van der Waals surface area contributed by atoms with Crippen LogP contribution in [-0.4, -0.2) is 29.4 Å². The first-order valence-electron chi connectivity index (χ1n) is 3.36. The molecule has 2 aliphatic heterocycles. The number of fused-ring (bicyclic) bond motifs is 1. The summed E-state index contributed by atoms with van der Waals surface area (Å²) in [6.07, 6.45) is 2.42. The smallest absolute Gasteiger partial charge is 0.236 e. The zero-order valence-electron chi connectivity index (χ0n) is 5.21. The fourth-order valence-corrected chi connectivity index (χ4v) is 1.80. The van der Waals surface area contributed by atoms with E-state index in [-0.39, 0.29) is 11.9 Å². The van der Waals surface area contributed by atoms with Gasteiger partial charge in [-0.05, 0) is 19.4 Å². The molecule has 2 aliphatic rings. The van der Waals surface area contributed by atoms with E-state index in [1.165, 1.54) is 12.8 Å². The molecule has 3 nitrogen and oxygen atoms in total. The maximum atomic E-state index is 10.6. The summed E-state index contributed by atoms with van der Waals surface area (Å²) in [5.41, 5.74) is 5.11. The van der Waals surface area contributed by atoms with E-state index in [9.17, 15) is 4.79 Å². The lowest BCUT2D eigenvalue weighted by Crippen LogP contribution is -2.23. The Bertz CT molecular complexity index is 147. The number of nitrogens with zero attached hydrogens (tertiary/aromatic N) is 1. The molecule has 0 aromatic carbocycles. The van der Waals surface area contributed by atoms with E-state index in [2.05, 4.69) is 4.90 Å².